The fraction of sp³-hybridized carbons (Fsp3) is 0.810. The predicted octanol–water partition coefficient (Wildman–Crippen LogP) is 3.05. The van der Waals surface area contributed by atoms with E-state index in [0.29, 0.717) is 24.0 Å². The highest BCUT2D eigenvalue weighted by molar-refractivity contribution is 8.15. The van der Waals surface area contributed by atoms with Crippen LogP contribution in [0.2, 0.25) is 0 Å². The number of carbonyl (C=O) groups is 1. The maximum Gasteiger partial charge on any atom is 0.249 e. The number of fused-ring (bicyclic) bond motifs is 3. The van der Waals surface area contributed by atoms with Gasteiger partial charge in [-0.3, -0.25) is 4.79 Å². The molecule has 0 aromatic rings. The molecule has 6 heteroatoms. The van der Waals surface area contributed by atoms with Crippen molar-refractivity contribution in [1.29, 1.82) is 0 Å². The van der Waals surface area contributed by atoms with Crippen LogP contribution in [0.15, 0.2) is 16.6 Å². The number of rotatable bonds is 0. The monoisotopic (exact) mass is 391 g/mol. The van der Waals surface area contributed by atoms with E-state index in [1.54, 1.807) is 18.9 Å². The summed E-state index contributed by atoms with van der Waals surface area (Å²) in [4.78, 5) is 16.9. The van der Waals surface area contributed by atoms with Gasteiger partial charge in [0.15, 0.2) is 11.5 Å². The second-order valence-corrected chi connectivity index (χ2v) is 10.9. The molecule has 0 bridgehead atoms. The molecule has 3 saturated carbocycles. The standard InChI is InChI=1S/C21H29NO4S/c1-18-11-20(25)21(27-17(22-20)26-3)15(14(18)6-7-16(18)24)5-4-12-10-13(23)8-9-19(12,21)2/h10,14-16,24-25H,4-9,11H2,1-3H3/t14-,15-,16+,18-,19-,20-,21+/m0/s1. The first-order chi connectivity index (χ1) is 12.7. The molecular formula is C21H29NO4S. The maximum atomic E-state index is 12.2. The number of methoxy groups -OCH3 is 1. The summed E-state index contributed by atoms with van der Waals surface area (Å²) in [5.41, 5.74) is -0.713. The number of nitrogens with zero attached hydrogens (tertiary/aromatic N) is 1. The average Bonchev–Trinajstić information content (AvgIpc) is 3.07. The third-order valence-corrected chi connectivity index (χ3v) is 10.6. The molecule has 27 heavy (non-hydrogen) atoms. The molecule has 1 aliphatic heterocycles. The minimum absolute atomic E-state index is 0.202. The van der Waals surface area contributed by atoms with Gasteiger partial charge in [0.25, 0.3) is 0 Å². The van der Waals surface area contributed by atoms with Gasteiger partial charge in [0.05, 0.1) is 18.0 Å². The van der Waals surface area contributed by atoms with Crippen LogP contribution in [-0.2, 0) is 9.53 Å². The Morgan fingerprint density at radius 1 is 1.22 bits per heavy atom. The topological polar surface area (TPSA) is 79.1 Å². The van der Waals surface area contributed by atoms with Crippen molar-refractivity contribution in [2.45, 2.75) is 75.4 Å². The number of thioether (sulfide) groups is 1. The van der Waals surface area contributed by atoms with Crippen LogP contribution >= 0.6 is 11.8 Å². The van der Waals surface area contributed by atoms with E-state index in [9.17, 15) is 15.0 Å². The van der Waals surface area contributed by atoms with E-state index in [1.807, 2.05) is 6.08 Å². The zero-order valence-electron chi connectivity index (χ0n) is 16.3. The predicted molar refractivity (Wildman–Crippen MR) is 104 cm³/mol. The summed E-state index contributed by atoms with van der Waals surface area (Å²) in [5.74, 6) is 0.812. The smallest absolute Gasteiger partial charge is 0.249 e. The highest BCUT2D eigenvalue weighted by Gasteiger charge is 2.78. The summed E-state index contributed by atoms with van der Waals surface area (Å²) in [5, 5.41) is 23.4. The van der Waals surface area contributed by atoms with Gasteiger partial charge in [-0.2, -0.15) is 0 Å². The van der Waals surface area contributed by atoms with Crippen molar-refractivity contribution in [1.82, 2.24) is 0 Å². The van der Waals surface area contributed by atoms with Crippen LogP contribution in [0.25, 0.3) is 0 Å². The van der Waals surface area contributed by atoms with Crippen molar-refractivity contribution in [2.24, 2.45) is 27.7 Å². The molecule has 2 N–H and O–H groups in total. The lowest BCUT2D eigenvalue weighted by molar-refractivity contribution is -0.172. The summed E-state index contributed by atoms with van der Waals surface area (Å²) in [6, 6.07) is 0. The second kappa shape index (κ2) is 5.39. The van der Waals surface area contributed by atoms with E-state index in [4.69, 9.17) is 9.73 Å². The Bertz CT molecular complexity index is 780. The first-order valence-corrected chi connectivity index (χ1v) is 11.0. The SMILES string of the molecule is COC1=N[C@]2(O)C[C@]3(C)[C@H](O)CC[C@H]3[C@@H]3CCC4=CC(=O)CC[C@]4(C)[C@]32S1. The Hall–Kier alpha value is -0.850. The molecule has 0 amide bonds. The van der Waals surface area contributed by atoms with E-state index in [-0.39, 0.29) is 22.5 Å². The van der Waals surface area contributed by atoms with E-state index in [2.05, 4.69) is 13.8 Å². The average molecular weight is 392 g/mol. The molecule has 7 atom stereocenters. The second-order valence-electron chi connectivity index (χ2n) is 9.73. The van der Waals surface area contributed by atoms with Crippen molar-refractivity contribution in [3.05, 3.63) is 11.6 Å². The Balaban J connectivity index is 1.73. The van der Waals surface area contributed by atoms with Crippen LogP contribution in [0, 0.1) is 22.7 Å². The molecule has 148 valence electrons. The lowest BCUT2D eigenvalue weighted by Crippen LogP contribution is -2.71. The summed E-state index contributed by atoms with van der Waals surface area (Å²) in [6.07, 6.45) is 6.81. The molecule has 0 saturated heterocycles. The molecular weight excluding hydrogens is 362 g/mol. The Kier molecular flexibility index (Phi) is 3.63. The normalized spacial score (nSPS) is 53.7. The Labute approximate surface area is 164 Å². The zero-order valence-corrected chi connectivity index (χ0v) is 17.1. The molecule has 0 radical (unpaired) electrons. The van der Waals surface area contributed by atoms with Crippen LogP contribution in [0.5, 0.6) is 0 Å². The Morgan fingerprint density at radius 2 is 2.00 bits per heavy atom. The fourth-order valence-electron chi connectivity index (χ4n) is 7.49. The summed E-state index contributed by atoms with van der Waals surface area (Å²) in [7, 11) is 1.61. The zero-order chi connectivity index (χ0) is 19.2. The maximum absolute atomic E-state index is 12.2. The van der Waals surface area contributed by atoms with Crippen LogP contribution in [0.3, 0.4) is 0 Å². The lowest BCUT2D eigenvalue weighted by Gasteiger charge is -2.66. The number of ether oxygens (including phenoxy) is 1. The summed E-state index contributed by atoms with van der Waals surface area (Å²) in [6.45, 7) is 4.37. The van der Waals surface area contributed by atoms with Crippen molar-refractivity contribution in [3.8, 4) is 0 Å². The van der Waals surface area contributed by atoms with Crippen molar-refractivity contribution in [2.75, 3.05) is 7.11 Å². The number of aliphatic imine (C=N–C) groups is 1. The summed E-state index contributed by atoms with van der Waals surface area (Å²) >= 11 is 1.60. The van der Waals surface area contributed by atoms with E-state index >= 15 is 0 Å². The van der Waals surface area contributed by atoms with Gasteiger partial charge in [-0.05, 0) is 50.0 Å². The molecule has 5 nitrogen and oxygen atoms in total. The number of hydrogen-bond acceptors (Lipinski definition) is 6. The molecule has 0 aromatic carbocycles. The summed E-state index contributed by atoms with van der Waals surface area (Å²) < 4.78 is 5.02. The first-order valence-electron chi connectivity index (χ1n) is 10.2. The van der Waals surface area contributed by atoms with Gasteiger partial charge in [0.2, 0.25) is 5.23 Å². The van der Waals surface area contributed by atoms with Crippen LogP contribution < -0.4 is 0 Å². The van der Waals surface area contributed by atoms with Gasteiger partial charge in [-0.25, -0.2) is 4.99 Å². The minimum atomic E-state index is -1.28. The third kappa shape index (κ3) is 1.95. The third-order valence-electron chi connectivity index (χ3n) is 8.75. The molecule has 1 spiro atoms. The van der Waals surface area contributed by atoms with Crippen LogP contribution in [0.1, 0.15) is 58.8 Å². The van der Waals surface area contributed by atoms with Crippen molar-refractivity contribution in [3.63, 3.8) is 0 Å². The minimum Gasteiger partial charge on any atom is -0.476 e. The molecule has 4 aliphatic carbocycles. The van der Waals surface area contributed by atoms with Gasteiger partial charge in [-0.1, -0.05) is 31.2 Å². The highest BCUT2D eigenvalue weighted by Crippen LogP contribution is 2.75. The molecule has 3 fully saturated rings. The largest absolute Gasteiger partial charge is 0.476 e. The first kappa shape index (κ1) is 18.2. The van der Waals surface area contributed by atoms with Gasteiger partial charge in [-0.15, -0.1) is 0 Å². The number of ketones is 1. The fourth-order valence-corrected chi connectivity index (χ4v) is 9.21. The van der Waals surface area contributed by atoms with Crippen molar-refractivity contribution < 1.29 is 19.7 Å². The molecule has 0 unspecified atom stereocenters. The van der Waals surface area contributed by atoms with Gasteiger partial charge < -0.3 is 14.9 Å². The van der Waals surface area contributed by atoms with Crippen molar-refractivity contribution >= 4 is 22.8 Å². The number of hydrogen-bond donors (Lipinski definition) is 2. The molecule has 0 aromatic heterocycles. The van der Waals surface area contributed by atoms with E-state index in [1.165, 1.54) is 5.57 Å². The lowest BCUT2D eigenvalue weighted by atomic mass is 9.44. The van der Waals surface area contributed by atoms with Gasteiger partial charge >= 0.3 is 0 Å². The number of carbonyl (C=O) groups excluding carboxylic acids is 1. The van der Waals surface area contributed by atoms with Crippen LogP contribution in [-0.4, -0.2) is 44.9 Å². The number of aliphatic hydroxyl groups excluding tert-OH is 1. The van der Waals surface area contributed by atoms with Gasteiger partial charge in [0, 0.05) is 23.7 Å². The molecule has 1 heterocycles. The quantitative estimate of drug-likeness (QED) is 0.663. The molecule has 5 aliphatic rings. The van der Waals surface area contributed by atoms with Crippen LogP contribution in [0.4, 0.5) is 0 Å². The van der Waals surface area contributed by atoms with Gasteiger partial charge in [0.1, 0.15) is 0 Å². The highest BCUT2D eigenvalue weighted by atomic mass is 32.2. The molecule has 5 rings (SSSR count). The Morgan fingerprint density at radius 3 is 2.74 bits per heavy atom. The van der Waals surface area contributed by atoms with E-state index in [0.717, 1.165) is 32.1 Å². The number of aliphatic hydroxyl groups is 2. The van der Waals surface area contributed by atoms with E-state index < -0.39 is 16.6 Å². The number of allylic oxidation sites excluding steroid dienone is 1.